The highest BCUT2D eigenvalue weighted by Crippen LogP contribution is 2.61. The molecule has 2 aliphatic carbocycles. The van der Waals surface area contributed by atoms with Gasteiger partial charge in [0.1, 0.15) is 34.6 Å². The van der Waals surface area contributed by atoms with Gasteiger partial charge in [-0.2, -0.15) is 0 Å². The summed E-state index contributed by atoms with van der Waals surface area (Å²) < 4.78 is 43.3. The Bertz CT molecular complexity index is 5610. The van der Waals surface area contributed by atoms with E-state index in [0.29, 0.717) is 0 Å². The Hall–Kier alpha value is -13.9. The van der Waals surface area contributed by atoms with E-state index >= 15 is 8.78 Å². The highest BCUT2D eigenvalue weighted by molar-refractivity contribution is 5.94. The van der Waals surface area contributed by atoms with Crippen LogP contribution in [-0.4, -0.2) is 0 Å². The first-order chi connectivity index (χ1) is 53.2. The summed E-state index contributed by atoms with van der Waals surface area (Å²) in [6.45, 7) is 7.86. The maximum absolute atomic E-state index is 15.2. The van der Waals surface area contributed by atoms with E-state index in [1.54, 1.807) is 0 Å². The third-order valence-electron chi connectivity index (χ3n) is 21.4. The molecule has 0 N–H and O–H groups in total. The van der Waals surface area contributed by atoms with Gasteiger partial charge in [0, 0.05) is 34.1 Å². The van der Waals surface area contributed by atoms with Crippen molar-refractivity contribution in [2.45, 2.75) is 10.8 Å². The van der Waals surface area contributed by atoms with Gasteiger partial charge in [-0.3, -0.25) is 0 Å². The fourth-order valence-electron chi connectivity index (χ4n) is 16.3. The van der Waals surface area contributed by atoms with Gasteiger partial charge in [-0.05, 0) is 269 Å². The van der Waals surface area contributed by atoms with Crippen LogP contribution in [0.5, 0.6) is 23.0 Å². The highest BCUT2D eigenvalue weighted by atomic mass is 19.1. The molecule has 0 saturated heterocycles. The van der Waals surface area contributed by atoms with E-state index in [1.165, 1.54) is 24.3 Å². The van der Waals surface area contributed by atoms with Crippen molar-refractivity contribution >= 4 is 46.3 Å². The van der Waals surface area contributed by atoms with E-state index in [2.05, 4.69) is 314 Å². The molecular formula is C102H70F2N2O2. The van der Waals surface area contributed by atoms with Gasteiger partial charge in [0.2, 0.25) is 0 Å². The fraction of sp³-hybridized carbons (Fsp3) is 0.0196. The molecule has 0 heterocycles. The van der Waals surface area contributed by atoms with Crippen molar-refractivity contribution in [1.29, 1.82) is 0 Å². The number of nitrogens with zero attached hydrogens (tertiary/aromatic N) is 2. The van der Waals surface area contributed by atoms with Crippen LogP contribution >= 0.6 is 0 Å². The Labute approximate surface area is 628 Å². The summed E-state index contributed by atoms with van der Waals surface area (Å²) in [5.41, 5.74) is 25.6. The molecule has 2 unspecified atom stereocenters. The lowest BCUT2D eigenvalue weighted by molar-refractivity contribution is 0.482. The average molecular weight is 1390 g/mol. The van der Waals surface area contributed by atoms with Gasteiger partial charge >= 0.3 is 0 Å². The SMILES string of the molecule is C=Cc1ccc(Oc2ccc(C3(c4ccccc4)c4cc(-c5ccccc5)ccc4-c4ccc(N(c5ccc(F)cc5)c5ccc(-c6ccc(N(c7ccc(F)cc7)c7ccc8c(c7)C(c7ccccc7)(c7ccc(Oc9ccc(C=C)cc9)cc7)c7cc(-c9ccccc9)ccc7-8)cc6)cc5)cc43)cc2)cc1. The smallest absolute Gasteiger partial charge is 0.127 e. The number of halogens is 2. The molecule has 108 heavy (non-hydrogen) atoms. The molecule has 16 aromatic rings. The second kappa shape index (κ2) is 27.9. The van der Waals surface area contributed by atoms with Crippen LogP contribution in [0.1, 0.15) is 55.6 Å². The molecule has 2 atom stereocenters. The number of anilines is 6. The Balaban J connectivity index is 0.725. The van der Waals surface area contributed by atoms with Crippen molar-refractivity contribution in [1.82, 2.24) is 0 Å². The second-order valence-corrected chi connectivity index (χ2v) is 27.5. The normalized spacial score (nSPS) is 14.4. The van der Waals surface area contributed by atoms with Gasteiger partial charge in [-0.15, -0.1) is 0 Å². The van der Waals surface area contributed by atoms with E-state index in [1.807, 2.05) is 84.9 Å². The third-order valence-corrected chi connectivity index (χ3v) is 21.4. The predicted octanol–water partition coefficient (Wildman–Crippen LogP) is 27.5. The van der Waals surface area contributed by atoms with E-state index < -0.39 is 10.8 Å². The van der Waals surface area contributed by atoms with Crippen LogP contribution in [0.2, 0.25) is 0 Å². The zero-order valence-corrected chi connectivity index (χ0v) is 59.0. The van der Waals surface area contributed by atoms with Crippen LogP contribution in [0.25, 0.3) is 67.8 Å². The lowest BCUT2D eigenvalue weighted by Crippen LogP contribution is -2.29. The van der Waals surface area contributed by atoms with E-state index in [-0.39, 0.29) is 11.6 Å². The molecule has 2 aliphatic rings. The maximum Gasteiger partial charge on any atom is 0.127 e. The van der Waals surface area contributed by atoms with Gasteiger partial charge in [0.15, 0.2) is 0 Å². The van der Waals surface area contributed by atoms with Gasteiger partial charge in [0.25, 0.3) is 0 Å². The van der Waals surface area contributed by atoms with Crippen molar-refractivity contribution in [2.75, 3.05) is 9.80 Å². The van der Waals surface area contributed by atoms with E-state index in [9.17, 15) is 0 Å². The van der Waals surface area contributed by atoms with Crippen LogP contribution in [0.4, 0.5) is 42.9 Å². The number of ether oxygens (including phenoxy) is 2. The molecule has 6 heteroatoms. The predicted molar refractivity (Wildman–Crippen MR) is 440 cm³/mol. The molecule has 0 radical (unpaired) electrons. The molecule has 0 saturated carbocycles. The van der Waals surface area contributed by atoms with Crippen LogP contribution in [0.15, 0.2) is 401 Å². The molecule has 0 aromatic heterocycles. The van der Waals surface area contributed by atoms with Crippen molar-refractivity contribution in [2.24, 2.45) is 0 Å². The summed E-state index contributed by atoms with van der Waals surface area (Å²) in [6, 6.07) is 134. The monoisotopic (exact) mass is 1390 g/mol. The minimum absolute atomic E-state index is 0.321. The lowest BCUT2D eigenvalue weighted by Gasteiger charge is -2.35. The lowest BCUT2D eigenvalue weighted by atomic mass is 9.67. The average Bonchev–Trinajstić information content (AvgIpc) is 1.55. The molecule has 18 rings (SSSR count). The summed E-state index contributed by atoms with van der Waals surface area (Å²) in [5.74, 6) is 2.27. The van der Waals surface area contributed by atoms with Crippen LogP contribution in [-0.2, 0) is 10.8 Å². The Morgan fingerprint density at radius 2 is 0.481 bits per heavy atom. The highest BCUT2D eigenvalue weighted by Gasteiger charge is 2.49. The van der Waals surface area contributed by atoms with Gasteiger partial charge in [-0.1, -0.05) is 256 Å². The topological polar surface area (TPSA) is 24.9 Å². The van der Waals surface area contributed by atoms with E-state index in [4.69, 9.17) is 9.47 Å². The minimum Gasteiger partial charge on any atom is -0.457 e. The van der Waals surface area contributed by atoms with Gasteiger partial charge in [0.05, 0.1) is 10.8 Å². The van der Waals surface area contributed by atoms with Crippen LogP contribution < -0.4 is 19.3 Å². The van der Waals surface area contributed by atoms with Crippen LogP contribution in [0.3, 0.4) is 0 Å². The quantitative estimate of drug-likeness (QED) is 0.0806. The van der Waals surface area contributed by atoms with Gasteiger partial charge in [-0.25, -0.2) is 8.78 Å². The van der Waals surface area contributed by atoms with Crippen LogP contribution in [0, 0.1) is 11.6 Å². The Morgan fingerprint density at radius 1 is 0.231 bits per heavy atom. The first kappa shape index (κ1) is 66.0. The zero-order valence-electron chi connectivity index (χ0n) is 59.0. The first-order valence-electron chi connectivity index (χ1n) is 36.3. The van der Waals surface area contributed by atoms with Crippen molar-refractivity contribution < 1.29 is 18.3 Å². The number of hydrogen-bond acceptors (Lipinski definition) is 4. The number of benzene rings is 16. The molecular weight excluding hydrogens is 1320 g/mol. The molecule has 0 bridgehead atoms. The van der Waals surface area contributed by atoms with Gasteiger partial charge < -0.3 is 19.3 Å². The molecule has 4 nitrogen and oxygen atoms in total. The standard InChI is InChI=1S/C102H70F2N2O2/c1-3-69-25-53-89(54-26-69)107-91-57-35-79(36-58-91)101(77-21-13-7-14-22-77)97-65-75(71-17-9-5-10-18-71)33-61-93(97)95-63-51-87(67-99(95)101)105(85-47-39-81(103)40-48-85)83-43-29-73(30-44-83)74-31-45-84(46-32-74)106(86-49-41-82(104)42-50-86)88-52-64-96-94-62-34-76(72-19-11-6-12-20-72)66-98(94)102(100(96)68-88,78-23-15-8-16-24-78)80-37-59-92(60-38-80)108-90-55-27-70(4-2)28-56-90/h3-68H,1-2H2. The summed E-state index contributed by atoms with van der Waals surface area (Å²) in [7, 11) is 0. The molecule has 514 valence electrons. The Kier molecular flexibility index (Phi) is 17.1. The van der Waals surface area contributed by atoms with Crippen molar-refractivity contribution in [3.63, 3.8) is 0 Å². The molecule has 0 fully saturated rings. The second-order valence-electron chi connectivity index (χ2n) is 27.5. The largest absolute Gasteiger partial charge is 0.457 e. The summed E-state index contributed by atoms with van der Waals surface area (Å²) in [5, 5.41) is 0. The molecule has 16 aromatic carbocycles. The zero-order chi connectivity index (χ0) is 72.7. The number of rotatable bonds is 19. The summed E-state index contributed by atoms with van der Waals surface area (Å²) in [4.78, 5) is 4.43. The first-order valence-corrected chi connectivity index (χ1v) is 36.3. The third kappa shape index (κ3) is 11.8. The van der Waals surface area contributed by atoms with Crippen molar-refractivity contribution in [3.8, 4) is 78.6 Å². The maximum atomic E-state index is 15.2. The molecule has 0 amide bonds. The fourth-order valence-corrected chi connectivity index (χ4v) is 16.3. The molecule has 0 spiro atoms. The summed E-state index contributed by atoms with van der Waals surface area (Å²) in [6.07, 6.45) is 3.65. The molecule has 0 aliphatic heterocycles. The number of fused-ring (bicyclic) bond motifs is 6. The summed E-state index contributed by atoms with van der Waals surface area (Å²) >= 11 is 0. The minimum atomic E-state index is -0.802. The van der Waals surface area contributed by atoms with Crippen molar-refractivity contribution in [3.05, 3.63) is 469 Å². The number of hydrogen-bond donors (Lipinski definition) is 0. The Morgan fingerprint density at radius 3 is 0.806 bits per heavy atom. The van der Waals surface area contributed by atoms with E-state index in [0.717, 1.165) is 168 Å².